The van der Waals surface area contributed by atoms with Gasteiger partial charge < -0.3 is 4.74 Å². The van der Waals surface area contributed by atoms with Gasteiger partial charge in [-0.1, -0.05) is 0 Å². The van der Waals surface area contributed by atoms with E-state index < -0.39 is 27.2 Å². The molecule has 0 aromatic rings. The molecule has 0 fully saturated rings. The maximum atomic E-state index is 11.4. The second kappa shape index (κ2) is 5.85. The Hall–Kier alpha value is -1.09. The lowest BCUT2D eigenvalue weighted by atomic mass is 10.2. The SMILES string of the molecule is CC(C)(C)OC(=O)CS(=O)(=O)CCCC#N. The Balaban J connectivity index is 4.18. The molecule has 16 heavy (non-hydrogen) atoms. The van der Waals surface area contributed by atoms with Crippen LogP contribution in [0.3, 0.4) is 0 Å². The summed E-state index contributed by atoms with van der Waals surface area (Å²) in [5, 5.41) is 8.26. The Morgan fingerprint density at radius 3 is 2.38 bits per heavy atom. The van der Waals surface area contributed by atoms with E-state index in [1.165, 1.54) is 0 Å². The van der Waals surface area contributed by atoms with Gasteiger partial charge >= 0.3 is 5.97 Å². The van der Waals surface area contributed by atoms with Gasteiger partial charge in [-0.05, 0) is 27.2 Å². The molecule has 0 aromatic heterocycles. The van der Waals surface area contributed by atoms with Gasteiger partial charge in [0.25, 0.3) is 0 Å². The Bertz CT molecular complexity index is 373. The molecule has 92 valence electrons. The van der Waals surface area contributed by atoms with Crippen LogP contribution in [0.1, 0.15) is 33.6 Å². The van der Waals surface area contributed by atoms with E-state index in [9.17, 15) is 13.2 Å². The van der Waals surface area contributed by atoms with E-state index in [4.69, 9.17) is 10.00 Å². The molecule has 0 saturated heterocycles. The summed E-state index contributed by atoms with van der Waals surface area (Å²) in [6, 6.07) is 1.85. The van der Waals surface area contributed by atoms with Crippen LogP contribution in [0.2, 0.25) is 0 Å². The largest absolute Gasteiger partial charge is 0.459 e. The molecule has 6 heteroatoms. The van der Waals surface area contributed by atoms with E-state index in [-0.39, 0.29) is 18.6 Å². The number of sulfone groups is 1. The van der Waals surface area contributed by atoms with Crippen molar-refractivity contribution in [2.24, 2.45) is 0 Å². The van der Waals surface area contributed by atoms with E-state index in [1.54, 1.807) is 20.8 Å². The van der Waals surface area contributed by atoms with Gasteiger partial charge in [0.2, 0.25) is 0 Å². The summed E-state index contributed by atoms with van der Waals surface area (Å²) in [4.78, 5) is 11.2. The fourth-order valence-electron chi connectivity index (χ4n) is 0.994. The van der Waals surface area contributed by atoms with Gasteiger partial charge in [-0.15, -0.1) is 0 Å². The van der Waals surface area contributed by atoms with Crippen molar-refractivity contribution in [3.05, 3.63) is 0 Å². The molecule has 0 aliphatic rings. The number of unbranched alkanes of at least 4 members (excludes halogenated alkanes) is 1. The zero-order valence-corrected chi connectivity index (χ0v) is 10.6. The van der Waals surface area contributed by atoms with Gasteiger partial charge in [-0.3, -0.25) is 4.79 Å². The molecule has 0 bridgehead atoms. The molecule has 0 aliphatic carbocycles. The van der Waals surface area contributed by atoms with Crippen molar-refractivity contribution in [3.63, 3.8) is 0 Å². The summed E-state index contributed by atoms with van der Waals surface area (Å²) in [6.45, 7) is 5.02. The molecular formula is C10H17NO4S. The number of rotatable bonds is 5. The Labute approximate surface area is 96.3 Å². The van der Waals surface area contributed by atoms with Gasteiger partial charge in [0.05, 0.1) is 11.8 Å². The molecule has 0 atom stereocenters. The van der Waals surface area contributed by atoms with Crippen molar-refractivity contribution in [1.29, 1.82) is 5.26 Å². The number of esters is 1. The van der Waals surface area contributed by atoms with Crippen molar-refractivity contribution in [1.82, 2.24) is 0 Å². The molecule has 0 N–H and O–H groups in total. The lowest BCUT2D eigenvalue weighted by molar-refractivity contribution is -0.151. The van der Waals surface area contributed by atoms with Crippen LogP contribution in [0.4, 0.5) is 0 Å². The molecule has 0 aliphatic heterocycles. The average Bonchev–Trinajstić information content (AvgIpc) is 1.98. The third-order valence-corrected chi connectivity index (χ3v) is 3.09. The highest BCUT2D eigenvalue weighted by atomic mass is 32.2. The molecule has 0 rings (SSSR count). The van der Waals surface area contributed by atoms with Gasteiger partial charge in [-0.25, -0.2) is 8.42 Å². The minimum absolute atomic E-state index is 0.153. The lowest BCUT2D eigenvalue weighted by Crippen LogP contribution is -2.29. The maximum absolute atomic E-state index is 11.4. The predicted octanol–water partition coefficient (Wildman–Crippen LogP) is 1.05. The van der Waals surface area contributed by atoms with Crippen LogP contribution in [-0.2, 0) is 19.4 Å². The Kier molecular flexibility index (Phi) is 5.45. The maximum Gasteiger partial charge on any atom is 0.321 e. The third kappa shape index (κ3) is 8.24. The van der Waals surface area contributed by atoms with E-state index in [0.717, 1.165) is 0 Å². The Morgan fingerprint density at radius 2 is 1.94 bits per heavy atom. The van der Waals surface area contributed by atoms with Gasteiger partial charge in [-0.2, -0.15) is 5.26 Å². The van der Waals surface area contributed by atoms with E-state index in [1.807, 2.05) is 6.07 Å². The van der Waals surface area contributed by atoms with Gasteiger partial charge in [0.1, 0.15) is 11.4 Å². The first kappa shape index (κ1) is 14.9. The fourth-order valence-corrected chi connectivity index (χ4v) is 2.14. The van der Waals surface area contributed by atoms with Crippen LogP contribution in [0, 0.1) is 11.3 Å². The number of carbonyl (C=O) groups is 1. The second-order valence-electron chi connectivity index (χ2n) is 4.44. The molecule has 0 radical (unpaired) electrons. The van der Waals surface area contributed by atoms with Crippen LogP contribution < -0.4 is 0 Å². The number of hydrogen-bond donors (Lipinski definition) is 0. The molecule has 5 nitrogen and oxygen atoms in total. The number of hydrogen-bond acceptors (Lipinski definition) is 5. The van der Waals surface area contributed by atoms with Gasteiger partial charge in [0.15, 0.2) is 9.84 Å². The standard InChI is InChI=1S/C10H17NO4S/c1-10(2,3)15-9(12)8-16(13,14)7-5-4-6-11/h4-5,7-8H2,1-3H3. The summed E-state index contributed by atoms with van der Waals surface area (Å²) in [5.41, 5.74) is -0.681. The molecule has 0 aromatic carbocycles. The van der Waals surface area contributed by atoms with Crippen molar-refractivity contribution in [3.8, 4) is 6.07 Å². The van der Waals surface area contributed by atoms with Crippen LogP contribution in [-0.4, -0.2) is 31.5 Å². The summed E-state index contributed by atoms with van der Waals surface area (Å²) in [5.74, 6) is -1.51. The van der Waals surface area contributed by atoms with Crippen LogP contribution in [0.5, 0.6) is 0 Å². The van der Waals surface area contributed by atoms with E-state index in [0.29, 0.717) is 0 Å². The normalized spacial score (nSPS) is 11.9. The van der Waals surface area contributed by atoms with Crippen LogP contribution in [0.15, 0.2) is 0 Å². The smallest absolute Gasteiger partial charge is 0.321 e. The molecule has 0 amide bonds. The summed E-state index contributed by atoms with van der Waals surface area (Å²) in [7, 11) is -3.45. The molecule has 0 unspecified atom stereocenters. The topological polar surface area (TPSA) is 84.2 Å². The number of nitrogens with zero attached hydrogens (tertiary/aromatic N) is 1. The highest BCUT2D eigenvalue weighted by molar-refractivity contribution is 7.92. The first-order valence-corrected chi connectivity index (χ1v) is 6.78. The molecule has 0 heterocycles. The number of nitriles is 1. The minimum Gasteiger partial charge on any atom is -0.459 e. The lowest BCUT2D eigenvalue weighted by Gasteiger charge is -2.19. The fraction of sp³-hybridized carbons (Fsp3) is 0.800. The minimum atomic E-state index is -3.45. The molecule has 0 saturated carbocycles. The number of carbonyl (C=O) groups excluding carboxylic acids is 1. The molecular weight excluding hydrogens is 230 g/mol. The van der Waals surface area contributed by atoms with E-state index in [2.05, 4.69) is 0 Å². The van der Waals surface area contributed by atoms with Crippen LogP contribution in [0.25, 0.3) is 0 Å². The predicted molar refractivity (Wildman–Crippen MR) is 59.3 cm³/mol. The summed E-state index contributed by atoms with van der Waals surface area (Å²) in [6.07, 6.45) is 0.426. The van der Waals surface area contributed by atoms with Crippen LogP contribution >= 0.6 is 0 Å². The zero-order valence-electron chi connectivity index (χ0n) is 9.82. The third-order valence-electron chi connectivity index (χ3n) is 1.50. The second-order valence-corrected chi connectivity index (χ2v) is 6.62. The highest BCUT2D eigenvalue weighted by Crippen LogP contribution is 2.08. The number of ether oxygens (including phenoxy) is 1. The molecule has 0 spiro atoms. The van der Waals surface area contributed by atoms with Crippen molar-refractivity contribution < 1.29 is 17.9 Å². The summed E-state index contributed by atoms with van der Waals surface area (Å²) >= 11 is 0. The first-order chi connectivity index (χ1) is 7.16. The first-order valence-electron chi connectivity index (χ1n) is 4.95. The van der Waals surface area contributed by atoms with Crippen molar-refractivity contribution in [2.75, 3.05) is 11.5 Å². The Morgan fingerprint density at radius 1 is 1.38 bits per heavy atom. The average molecular weight is 247 g/mol. The zero-order chi connectivity index (χ0) is 12.8. The quantitative estimate of drug-likeness (QED) is 0.535. The van der Waals surface area contributed by atoms with Crippen molar-refractivity contribution in [2.45, 2.75) is 39.2 Å². The van der Waals surface area contributed by atoms with Crippen molar-refractivity contribution >= 4 is 15.8 Å². The van der Waals surface area contributed by atoms with Gasteiger partial charge in [0, 0.05) is 6.42 Å². The summed E-state index contributed by atoms with van der Waals surface area (Å²) < 4.78 is 27.7. The monoisotopic (exact) mass is 247 g/mol. The van der Waals surface area contributed by atoms with E-state index >= 15 is 0 Å². The highest BCUT2D eigenvalue weighted by Gasteiger charge is 2.22.